The predicted octanol–water partition coefficient (Wildman–Crippen LogP) is 3.82. The Kier molecular flexibility index (Phi) is 7.72. The molecule has 8 heteroatoms. The van der Waals surface area contributed by atoms with Crippen molar-refractivity contribution in [2.75, 3.05) is 49.8 Å². The van der Waals surface area contributed by atoms with Gasteiger partial charge in [0.2, 0.25) is 0 Å². The van der Waals surface area contributed by atoms with Gasteiger partial charge in [-0.15, -0.1) is 0 Å². The molecule has 0 N–H and O–H groups in total. The summed E-state index contributed by atoms with van der Waals surface area (Å²) in [6.07, 6.45) is 1.89. The van der Waals surface area contributed by atoms with Crippen molar-refractivity contribution in [1.82, 2.24) is 0 Å². The van der Waals surface area contributed by atoms with Gasteiger partial charge in [-0.1, -0.05) is 6.07 Å². The van der Waals surface area contributed by atoms with E-state index in [2.05, 4.69) is 4.99 Å². The molecule has 1 fully saturated rings. The number of nitrogens with zero attached hydrogens (tertiary/aromatic N) is 3. The molecule has 0 bridgehead atoms. The van der Waals surface area contributed by atoms with E-state index in [1.165, 1.54) is 30.3 Å². The first kappa shape index (κ1) is 22.4. The van der Waals surface area contributed by atoms with Gasteiger partial charge in [-0.2, -0.15) is 0 Å². The fourth-order valence-corrected chi connectivity index (χ4v) is 3.15. The Bertz CT molecular complexity index is 972. The number of allylic oxidation sites excluding steroid dienone is 1. The number of carbonyl (C=O) groups excluding carboxylic acids is 1. The van der Waals surface area contributed by atoms with Crippen LogP contribution in [-0.4, -0.2) is 52.1 Å². The number of ether oxygens (including phenoxy) is 2. The van der Waals surface area contributed by atoms with Crippen LogP contribution in [0.15, 0.2) is 59.2 Å². The lowest BCUT2D eigenvalue weighted by molar-refractivity contribution is -0.104. The summed E-state index contributed by atoms with van der Waals surface area (Å²) in [6.45, 7) is 4.19. The number of aliphatic imine (C=N–C) groups is 1. The van der Waals surface area contributed by atoms with Crippen molar-refractivity contribution >= 4 is 23.5 Å². The molecule has 0 saturated carbocycles. The maximum absolute atomic E-state index is 14.7. The van der Waals surface area contributed by atoms with Crippen molar-refractivity contribution in [3.05, 3.63) is 65.9 Å². The van der Waals surface area contributed by atoms with Gasteiger partial charge in [-0.25, -0.2) is 13.8 Å². The summed E-state index contributed by atoms with van der Waals surface area (Å²) < 4.78 is 38.9. The topological polar surface area (TPSA) is 54.4 Å². The van der Waals surface area contributed by atoms with Crippen LogP contribution < -0.4 is 14.5 Å². The third-order valence-electron chi connectivity index (χ3n) is 4.90. The number of carbonyl (C=O) groups is 1. The normalized spacial score (nSPS) is 15.0. The molecule has 1 saturated heterocycles. The summed E-state index contributed by atoms with van der Waals surface area (Å²) in [4.78, 5) is 19.1. The molecular formula is C23H25F2N3O3. The molecule has 0 spiro atoms. The van der Waals surface area contributed by atoms with Crippen LogP contribution in [-0.2, 0) is 9.53 Å². The van der Waals surface area contributed by atoms with Crippen molar-refractivity contribution in [3.63, 3.8) is 0 Å². The zero-order valence-corrected chi connectivity index (χ0v) is 17.6. The molecule has 0 atom stereocenters. The van der Waals surface area contributed by atoms with E-state index in [0.29, 0.717) is 61.2 Å². The molecule has 0 aromatic heterocycles. The van der Waals surface area contributed by atoms with Gasteiger partial charge in [-0.05, 0) is 37.3 Å². The van der Waals surface area contributed by atoms with Gasteiger partial charge in [0, 0.05) is 38.0 Å². The van der Waals surface area contributed by atoms with Crippen LogP contribution in [0.1, 0.15) is 6.92 Å². The minimum atomic E-state index is -0.416. The van der Waals surface area contributed by atoms with E-state index >= 15 is 0 Å². The summed E-state index contributed by atoms with van der Waals surface area (Å²) in [6, 6.07) is 10.7. The lowest BCUT2D eigenvalue weighted by Crippen LogP contribution is -2.36. The third kappa shape index (κ3) is 6.11. The van der Waals surface area contributed by atoms with E-state index in [0.717, 1.165) is 0 Å². The van der Waals surface area contributed by atoms with E-state index in [4.69, 9.17) is 9.47 Å². The monoisotopic (exact) mass is 429 g/mol. The molecule has 0 unspecified atom stereocenters. The average molecular weight is 429 g/mol. The Hall–Kier alpha value is -3.26. The van der Waals surface area contributed by atoms with Gasteiger partial charge in [0.1, 0.15) is 36.1 Å². The van der Waals surface area contributed by atoms with Gasteiger partial charge < -0.3 is 19.3 Å². The number of anilines is 2. The zero-order valence-electron chi connectivity index (χ0n) is 17.6. The molecule has 1 aliphatic rings. The second kappa shape index (κ2) is 10.7. The molecule has 0 aliphatic carbocycles. The maximum Gasteiger partial charge on any atom is 0.148 e. The molecule has 31 heavy (non-hydrogen) atoms. The van der Waals surface area contributed by atoms with E-state index in [1.807, 2.05) is 11.0 Å². The van der Waals surface area contributed by atoms with Crippen molar-refractivity contribution in [3.8, 4) is 5.75 Å². The van der Waals surface area contributed by atoms with Crippen molar-refractivity contribution in [1.29, 1.82) is 0 Å². The molecule has 1 heterocycles. The minimum Gasteiger partial charge on any atom is -0.487 e. The summed E-state index contributed by atoms with van der Waals surface area (Å²) in [7, 11) is 1.76. The lowest BCUT2D eigenvalue weighted by atomic mass is 10.2. The zero-order chi connectivity index (χ0) is 22.2. The minimum absolute atomic E-state index is 0.0162. The first-order valence-electron chi connectivity index (χ1n) is 9.92. The first-order chi connectivity index (χ1) is 15.0. The number of aldehydes is 1. The van der Waals surface area contributed by atoms with Crippen molar-refractivity contribution < 1.29 is 23.0 Å². The van der Waals surface area contributed by atoms with E-state index < -0.39 is 5.82 Å². The summed E-state index contributed by atoms with van der Waals surface area (Å²) in [5, 5.41) is 0. The molecule has 2 aromatic carbocycles. The fraction of sp³-hybridized carbons (Fsp3) is 0.304. The predicted molar refractivity (Wildman–Crippen MR) is 117 cm³/mol. The number of halogens is 2. The Labute approximate surface area is 180 Å². The highest BCUT2D eigenvalue weighted by atomic mass is 19.1. The highest BCUT2D eigenvalue weighted by Gasteiger charge is 2.16. The second-order valence-electron chi connectivity index (χ2n) is 6.99. The third-order valence-corrected chi connectivity index (χ3v) is 4.90. The molecular weight excluding hydrogens is 404 g/mol. The Morgan fingerprint density at radius 3 is 2.68 bits per heavy atom. The molecule has 6 nitrogen and oxygen atoms in total. The van der Waals surface area contributed by atoms with Crippen LogP contribution in [0, 0.1) is 11.6 Å². The van der Waals surface area contributed by atoms with E-state index in [1.54, 1.807) is 31.0 Å². The number of hydrogen-bond donors (Lipinski definition) is 0. The van der Waals surface area contributed by atoms with Gasteiger partial charge in [0.25, 0.3) is 0 Å². The number of hydrogen-bond acceptors (Lipinski definition) is 5. The molecule has 2 aromatic rings. The Balaban J connectivity index is 1.71. The van der Waals surface area contributed by atoms with Gasteiger partial charge in [0.15, 0.2) is 0 Å². The van der Waals surface area contributed by atoms with E-state index in [-0.39, 0.29) is 12.4 Å². The van der Waals surface area contributed by atoms with Crippen LogP contribution in [0.3, 0.4) is 0 Å². The SMILES string of the molecule is C/C(=N/C(=C\C=O)COc1cccc(F)c1)N(C)c1ccc(N2CCOCC2)c(F)c1. The fourth-order valence-electron chi connectivity index (χ4n) is 3.15. The standard InChI is InChI=1S/C23H25F2N3O3/c1-17(26-19(8-11-29)16-31-21-5-3-4-18(24)14-21)27(2)20-6-7-23(22(25)15-20)28-9-12-30-13-10-28/h3-8,11,14-15H,9-10,12-13,16H2,1-2H3/b19-8-,26-17-. The molecule has 3 rings (SSSR count). The molecule has 0 amide bonds. The quantitative estimate of drug-likeness (QED) is 0.290. The number of morpholine rings is 1. The maximum atomic E-state index is 14.7. The Morgan fingerprint density at radius 2 is 2.00 bits per heavy atom. The van der Waals surface area contributed by atoms with Gasteiger partial charge >= 0.3 is 0 Å². The average Bonchev–Trinajstić information content (AvgIpc) is 2.77. The lowest BCUT2D eigenvalue weighted by Gasteiger charge is -2.29. The van der Waals surface area contributed by atoms with Crippen molar-refractivity contribution in [2.45, 2.75) is 6.92 Å². The van der Waals surface area contributed by atoms with Crippen LogP contribution in [0.4, 0.5) is 20.2 Å². The van der Waals surface area contributed by atoms with E-state index in [9.17, 15) is 13.6 Å². The number of rotatable bonds is 7. The molecule has 0 radical (unpaired) electrons. The number of amidine groups is 1. The highest BCUT2D eigenvalue weighted by Crippen LogP contribution is 2.25. The largest absolute Gasteiger partial charge is 0.487 e. The molecule has 164 valence electrons. The molecule has 1 aliphatic heterocycles. The van der Waals surface area contributed by atoms with Crippen LogP contribution >= 0.6 is 0 Å². The smallest absolute Gasteiger partial charge is 0.148 e. The van der Waals surface area contributed by atoms with Crippen LogP contribution in [0.25, 0.3) is 0 Å². The van der Waals surface area contributed by atoms with Gasteiger partial charge in [-0.3, -0.25) is 4.79 Å². The second-order valence-corrected chi connectivity index (χ2v) is 6.99. The Morgan fingerprint density at radius 1 is 1.23 bits per heavy atom. The summed E-state index contributed by atoms with van der Waals surface area (Å²) >= 11 is 0. The van der Waals surface area contributed by atoms with Crippen LogP contribution in [0.5, 0.6) is 5.75 Å². The van der Waals surface area contributed by atoms with Crippen molar-refractivity contribution in [2.24, 2.45) is 4.99 Å². The summed E-state index contributed by atoms with van der Waals surface area (Å²) in [5.74, 6) is 0.130. The first-order valence-corrected chi connectivity index (χ1v) is 9.92. The van der Waals surface area contributed by atoms with Gasteiger partial charge in [0.05, 0.1) is 24.6 Å². The summed E-state index contributed by atoms with van der Waals surface area (Å²) in [5.41, 5.74) is 1.52. The number of benzene rings is 2. The van der Waals surface area contributed by atoms with Crippen LogP contribution in [0.2, 0.25) is 0 Å². The highest BCUT2D eigenvalue weighted by molar-refractivity contribution is 5.96.